The molecule has 1 aromatic carbocycles. The zero-order valence-electron chi connectivity index (χ0n) is 11.6. The van der Waals surface area contributed by atoms with Crippen LogP contribution in [0.5, 0.6) is 0 Å². The molecule has 1 rings (SSSR count). The van der Waals surface area contributed by atoms with Crippen LogP contribution in [0.3, 0.4) is 0 Å². The smallest absolute Gasteiger partial charge is 0.220 e. The van der Waals surface area contributed by atoms with E-state index in [1.165, 1.54) is 11.1 Å². The van der Waals surface area contributed by atoms with Gasteiger partial charge in [-0.05, 0) is 25.3 Å². The van der Waals surface area contributed by atoms with Crippen LogP contribution in [0.15, 0.2) is 24.3 Å². The minimum Gasteiger partial charge on any atom is -0.393 e. The van der Waals surface area contributed by atoms with Gasteiger partial charge >= 0.3 is 0 Å². The van der Waals surface area contributed by atoms with Crippen LogP contribution in [-0.2, 0) is 11.2 Å². The lowest BCUT2D eigenvalue weighted by Gasteiger charge is -2.16. The normalized spacial score (nSPS) is 11.9. The Labute approximate surface area is 120 Å². The van der Waals surface area contributed by atoms with Crippen LogP contribution in [0.2, 0.25) is 0 Å². The van der Waals surface area contributed by atoms with Gasteiger partial charge in [-0.25, -0.2) is 0 Å². The molecule has 0 aliphatic rings. The first-order valence-corrected chi connectivity index (χ1v) is 7.05. The van der Waals surface area contributed by atoms with Crippen molar-refractivity contribution < 1.29 is 4.79 Å². The maximum absolute atomic E-state index is 11.9. The molecule has 1 aromatic rings. The number of aryl methyl sites for hydroxylation is 2. The predicted molar refractivity (Wildman–Crippen MR) is 83.1 cm³/mol. The number of nitrogens with one attached hydrogen (secondary N) is 1. The summed E-state index contributed by atoms with van der Waals surface area (Å²) < 4.78 is 0. The Morgan fingerprint density at radius 3 is 2.79 bits per heavy atom. The fraction of sp³-hybridized carbons (Fsp3) is 0.467. The highest BCUT2D eigenvalue weighted by Crippen LogP contribution is 2.07. The maximum atomic E-state index is 11.9. The fourth-order valence-electron chi connectivity index (χ4n) is 1.97. The van der Waals surface area contributed by atoms with Crippen LogP contribution in [0, 0.1) is 6.92 Å². The first-order chi connectivity index (χ1) is 9.01. The van der Waals surface area contributed by atoms with Crippen LogP contribution in [0.4, 0.5) is 0 Å². The summed E-state index contributed by atoms with van der Waals surface area (Å²) >= 11 is 4.87. The van der Waals surface area contributed by atoms with Crippen LogP contribution in [-0.4, -0.2) is 16.9 Å². The minimum absolute atomic E-state index is 0.0579. The van der Waals surface area contributed by atoms with E-state index >= 15 is 0 Å². The third kappa shape index (κ3) is 6.34. The fourth-order valence-corrected chi connectivity index (χ4v) is 2.17. The quantitative estimate of drug-likeness (QED) is 0.753. The molecule has 1 unspecified atom stereocenters. The van der Waals surface area contributed by atoms with E-state index in [4.69, 9.17) is 18.0 Å². The molecule has 3 nitrogen and oxygen atoms in total. The van der Waals surface area contributed by atoms with Crippen molar-refractivity contribution in [3.05, 3.63) is 35.4 Å². The Morgan fingerprint density at radius 2 is 2.21 bits per heavy atom. The molecule has 1 atom stereocenters. The molecule has 19 heavy (non-hydrogen) atoms. The van der Waals surface area contributed by atoms with E-state index in [1.807, 2.05) is 19.1 Å². The maximum Gasteiger partial charge on any atom is 0.220 e. The number of amides is 1. The second-order valence-electron chi connectivity index (χ2n) is 4.83. The molecule has 0 radical (unpaired) electrons. The Morgan fingerprint density at radius 1 is 1.47 bits per heavy atom. The molecular formula is C15H22N2OS. The third-order valence-electron chi connectivity index (χ3n) is 3.03. The van der Waals surface area contributed by atoms with Crippen molar-refractivity contribution in [1.29, 1.82) is 0 Å². The third-order valence-corrected chi connectivity index (χ3v) is 3.20. The lowest BCUT2D eigenvalue weighted by molar-refractivity contribution is -0.121. The van der Waals surface area contributed by atoms with Crippen LogP contribution in [0.1, 0.15) is 37.3 Å². The van der Waals surface area contributed by atoms with E-state index in [0.29, 0.717) is 17.8 Å². The molecule has 1 amide bonds. The van der Waals surface area contributed by atoms with Gasteiger partial charge in [-0.3, -0.25) is 4.79 Å². The Kier molecular flexibility index (Phi) is 6.50. The number of thiocarbonyl (C=S) groups is 1. The highest BCUT2D eigenvalue weighted by molar-refractivity contribution is 7.80. The van der Waals surface area contributed by atoms with Gasteiger partial charge in [0.05, 0.1) is 4.99 Å². The van der Waals surface area contributed by atoms with Gasteiger partial charge in [-0.2, -0.15) is 0 Å². The van der Waals surface area contributed by atoms with E-state index in [1.54, 1.807) is 0 Å². The molecule has 104 valence electrons. The van der Waals surface area contributed by atoms with E-state index in [0.717, 1.165) is 12.8 Å². The Balaban J connectivity index is 2.40. The highest BCUT2D eigenvalue weighted by Gasteiger charge is 2.11. The molecule has 0 saturated carbocycles. The Hall–Kier alpha value is -1.42. The van der Waals surface area contributed by atoms with E-state index < -0.39 is 0 Å². The SMILES string of the molecule is CCC(CC(N)=S)NC(=O)CCc1cccc(C)c1. The number of nitrogens with two attached hydrogens (primary N) is 1. The summed E-state index contributed by atoms with van der Waals surface area (Å²) in [4.78, 5) is 12.3. The average molecular weight is 278 g/mol. The molecular weight excluding hydrogens is 256 g/mol. The summed E-state index contributed by atoms with van der Waals surface area (Å²) in [6.45, 7) is 4.07. The van der Waals surface area contributed by atoms with Crippen LogP contribution >= 0.6 is 12.2 Å². The Bertz CT molecular complexity index is 446. The monoisotopic (exact) mass is 278 g/mol. The van der Waals surface area contributed by atoms with Gasteiger partial charge in [-0.15, -0.1) is 0 Å². The van der Waals surface area contributed by atoms with E-state index in [2.05, 4.69) is 24.4 Å². The van der Waals surface area contributed by atoms with Gasteiger partial charge in [0.1, 0.15) is 0 Å². The standard InChI is InChI=1S/C15H22N2OS/c1-3-13(10-14(16)19)17-15(18)8-7-12-6-4-5-11(2)9-12/h4-6,9,13H,3,7-8,10H2,1-2H3,(H2,16,19)(H,17,18). The first-order valence-electron chi connectivity index (χ1n) is 6.64. The molecule has 0 heterocycles. The lowest BCUT2D eigenvalue weighted by Crippen LogP contribution is -2.37. The summed E-state index contributed by atoms with van der Waals surface area (Å²) in [6.07, 6.45) is 2.67. The van der Waals surface area contributed by atoms with Gasteiger partial charge in [0.2, 0.25) is 5.91 Å². The van der Waals surface area contributed by atoms with Crippen molar-refractivity contribution in [2.45, 2.75) is 45.6 Å². The summed E-state index contributed by atoms with van der Waals surface area (Å²) in [6, 6.07) is 8.29. The summed E-state index contributed by atoms with van der Waals surface area (Å²) in [5.74, 6) is 0.0598. The first kappa shape index (κ1) is 15.6. The van der Waals surface area contributed by atoms with Crippen molar-refractivity contribution in [2.24, 2.45) is 5.73 Å². The van der Waals surface area contributed by atoms with Crippen molar-refractivity contribution in [3.63, 3.8) is 0 Å². The zero-order chi connectivity index (χ0) is 14.3. The molecule has 0 aliphatic carbocycles. The minimum atomic E-state index is 0.0579. The second kappa shape index (κ2) is 7.89. The molecule has 0 aromatic heterocycles. The molecule has 3 N–H and O–H groups in total. The number of rotatable bonds is 7. The predicted octanol–water partition coefficient (Wildman–Crippen LogP) is 2.50. The van der Waals surface area contributed by atoms with Crippen molar-refractivity contribution in [2.75, 3.05) is 0 Å². The zero-order valence-corrected chi connectivity index (χ0v) is 12.4. The van der Waals surface area contributed by atoms with Crippen molar-refractivity contribution >= 4 is 23.1 Å². The highest BCUT2D eigenvalue weighted by atomic mass is 32.1. The number of benzene rings is 1. The van der Waals surface area contributed by atoms with Gasteiger partial charge in [0, 0.05) is 18.9 Å². The largest absolute Gasteiger partial charge is 0.393 e. The van der Waals surface area contributed by atoms with Crippen LogP contribution < -0.4 is 11.1 Å². The van der Waals surface area contributed by atoms with Crippen molar-refractivity contribution in [1.82, 2.24) is 5.32 Å². The molecule has 0 fully saturated rings. The number of hydrogen-bond donors (Lipinski definition) is 2. The van der Waals surface area contributed by atoms with Gasteiger partial charge < -0.3 is 11.1 Å². The number of hydrogen-bond acceptors (Lipinski definition) is 2. The molecule has 4 heteroatoms. The van der Waals surface area contributed by atoms with Gasteiger partial charge in [0.15, 0.2) is 0 Å². The summed E-state index contributed by atoms with van der Waals surface area (Å²) in [7, 11) is 0. The number of carbonyl (C=O) groups is 1. The molecule has 0 spiro atoms. The average Bonchev–Trinajstić information content (AvgIpc) is 2.35. The van der Waals surface area contributed by atoms with Crippen molar-refractivity contribution in [3.8, 4) is 0 Å². The second-order valence-corrected chi connectivity index (χ2v) is 5.36. The van der Waals surface area contributed by atoms with Gasteiger partial charge in [-0.1, -0.05) is 49.0 Å². The molecule has 0 bridgehead atoms. The lowest BCUT2D eigenvalue weighted by atomic mass is 10.1. The van der Waals surface area contributed by atoms with Crippen LogP contribution in [0.25, 0.3) is 0 Å². The van der Waals surface area contributed by atoms with E-state index in [9.17, 15) is 4.79 Å². The summed E-state index contributed by atoms with van der Waals surface area (Å²) in [5, 5.41) is 2.98. The number of carbonyl (C=O) groups excluding carboxylic acids is 1. The summed E-state index contributed by atoms with van der Waals surface area (Å²) in [5.41, 5.74) is 7.92. The van der Waals surface area contributed by atoms with Gasteiger partial charge in [0.25, 0.3) is 0 Å². The van der Waals surface area contributed by atoms with E-state index in [-0.39, 0.29) is 11.9 Å². The topological polar surface area (TPSA) is 55.1 Å². The molecule has 0 aliphatic heterocycles. The molecule has 0 saturated heterocycles.